The molecule has 3 atom stereocenters. The summed E-state index contributed by atoms with van der Waals surface area (Å²) in [5.74, 6) is -0.479. The number of nitrogens with two attached hydrogens (primary N) is 1. The van der Waals surface area contributed by atoms with E-state index in [0.717, 1.165) is 11.5 Å². The average Bonchev–Trinajstić information content (AvgIpc) is 2.87. The van der Waals surface area contributed by atoms with Crippen molar-refractivity contribution < 1.29 is 8.78 Å². The van der Waals surface area contributed by atoms with E-state index in [9.17, 15) is 8.78 Å². The van der Waals surface area contributed by atoms with E-state index in [-0.39, 0.29) is 30.0 Å². The van der Waals surface area contributed by atoms with Crippen LogP contribution in [-0.4, -0.2) is 25.6 Å². The largest absolute Gasteiger partial charge is 0.326 e. The average molecular weight is 303 g/mol. The molecule has 2 N–H and O–H groups in total. The standard InChI is InChI=1S/C15H15F2N5/c16-8-1-2-11(17)9(3-8)10-4-14-21-13-5-19-7-20-15(13)22(14)6-12(10)18/h1-2,5,7,9-10,12H,3-4,6,18H2/t9?,10-,12?/m1/s1. The summed E-state index contributed by atoms with van der Waals surface area (Å²) in [6.45, 7) is 0.503. The first-order valence-corrected chi connectivity index (χ1v) is 7.26. The molecule has 3 heterocycles. The van der Waals surface area contributed by atoms with Crippen LogP contribution in [0.3, 0.4) is 0 Å². The third kappa shape index (κ3) is 2.04. The van der Waals surface area contributed by atoms with Crippen LogP contribution < -0.4 is 5.73 Å². The van der Waals surface area contributed by atoms with Gasteiger partial charge >= 0.3 is 0 Å². The van der Waals surface area contributed by atoms with Gasteiger partial charge in [0.15, 0.2) is 5.65 Å². The molecule has 0 radical (unpaired) electrons. The Labute approximate surface area is 125 Å². The smallest absolute Gasteiger partial charge is 0.163 e. The lowest BCUT2D eigenvalue weighted by molar-refractivity contribution is 0.221. The number of aromatic nitrogens is 4. The summed E-state index contributed by atoms with van der Waals surface area (Å²) in [4.78, 5) is 12.7. The van der Waals surface area contributed by atoms with Crippen molar-refractivity contribution in [2.75, 3.05) is 0 Å². The Bertz CT molecular complexity index is 794. The number of nitrogens with zero attached hydrogens (tertiary/aromatic N) is 4. The number of hydrogen-bond donors (Lipinski definition) is 1. The summed E-state index contributed by atoms with van der Waals surface area (Å²) in [7, 11) is 0. The van der Waals surface area contributed by atoms with Gasteiger partial charge in [-0.15, -0.1) is 0 Å². The Balaban J connectivity index is 1.70. The third-order valence-corrected chi connectivity index (χ3v) is 4.56. The van der Waals surface area contributed by atoms with Crippen LogP contribution in [-0.2, 0) is 13.0 Å². The van der Waals surface area contributed by atoms with E-state index < -0.39 is 5.92 Å². The van der Waals surface area contributed by atoms with Crippen LogP contribution in [0.4, 0.5) is 8.78 Å². The zero-order valence-corrected chi connectivity index (χ0v) is 11.8. The molecule has 1 aliphatic carbocycles. The molecule has 0 aromatic carbocycles. The molecule has 22 heavy (non-hydrogen) atoms. The van der Waals surface area contributed by atoms with Crippen molar-refractivity contribution in [1.82, 2.24) is 19.5 Å². The second-order valence-electron chi connectivity index (χ2n) is 5.88. The molecule has 2 aromatic rings. The van der Waals surface area contributed by atoms with E-state index in [1.165, 1.54) is 18.5 Å². The van der Waals surface area contributed by atoms with Crippen molar-refractivity contribution in [2.45, 2.75) is 25.4 Å². The van der Waals surface area contributed by atoms with Crippen molar-refractivity contribution in [3.05, 3.63) is 42.2 Å². The van der Waals surface area contributed by atoms with Gasteiger partial charge in [0.1, 0.15) is 29.3 Å². The number of rotatable bonds is 1. The SMILES string of the molecule is NC1Cn2c(nc3cncnc32)C[C@@H]1C1CC(F)=CC=C1F. The van der Waals surface area contributed by atoms with Crippen molar-refractivity contribution in [1.29, 1.82) is 0 Å². The maximum absolute atomic E-state index is 14.1. The number of allylic oxidation sites excluding steroid dienone is 4. The molecule has 1 aliphatic heterocycles. The molecule has 4 rings (SSSR count). The number of fused-ring (bicyclic) bond motifs is 3. The lowest BCUT2D eigenvalue weighted by Gasteiger charge is -2.35. The highest BCUT2D eigenvalue weighted by molar-refractivity contribution is 5.70. The topological polar surface area (TPSA) is 69.6 Å². The quantitative estimate of drug-likeness (QED) is 0.875. The van der Waals surface area contributed by atoms with Gasteiger partial charge in [0.25, 0.3) is 0 Å². The van der Waals surface area contributed by atoms with Crippen LogP contribution in [0, 0.1) is 11.8 Å². The second-order valence-corrected chi connectivity index (χ2v) is 5.88. The molecule has 2 unspecified atom stereocenters. The first kappa shape index (κ1) is 13.5. The molecule has 0 fully saturated rings. The first-order valence-electron chi connectivity index (χ1n) is 7.26. The van der Waals surface area contributed by atoms with Crippen molar-refractivity contribution in [2.24, 2.45) is 17.6 Å². The predicted octanol–water partition coefficient (Wildman–Crippen LogP) is 2.05. The molecular formula is C15H15F2N5. The van der Waals surface area contributed by atoms with Crippen LogP contribution in [0.15, 0.2) is 36.3 Å². The van der Waals surface area contributed by atoms with Crippen molar-refractivity contribution >= 4 is 11.2 Å². The minimum Gasteiger partial charge on any atom is -0.326 e. The van der Waals surface area contributed by atoms with E-state index >= 15 is 0 Å². The minimum absolute atomic E-state index is 0.0702. The van der Waals surface area contributed by atoms with Crippen molar-refractivity contribution in [3.8, 4) is 0 Å². The molecule has 2 aromatic heterocycles. The summed E-state index contributed by atoms with van der Waals surface area (Å²) in [6.07, 6.45) is 6.10. The minimum atomic E-state index is -0.514. The molecular weight excluding hydrogens is 288 g/mol. The molecule has 0 amide bonds. The summed E-state index contributed by atoms with van der Waals surface area (Å²) in [6, 6.07) is -0.269. The van der Waals surface area contributed by atoms with Gasteiger partial charge in [-0.25, -0.2) is 23.7 Å². The Morgan fingerprint density at radius 1 is 1.23 bits per heavy atom. The second kappa shape index (κ2) is 4.95. The van der Waals surface area contributed by atoms with E-state index in [4.69, 9.17) is 5.73 Å². The van der Waals surface area contributed by atoms with Gasteiger partial charge in [-0.1, -0.05) is 0 Å². The predicted molar refractivity (Wildman–Crippen MR) is 77.0 cm³/mol. The summed E-state index contributed by atoms with van der Waals surface area (Å²) in [5.41, 5.74) is 7.70. The maximum atomic E-state index is 14.1. The first-order chi connectivity index (χ1) is 10.6. The number of halogens is 2. The normalized spacial score (nSPS) is 28.2. The fourth-order valence-electron chi connectivity index (χ4n) is 3.45. The van der Waals surface area contributed by atoms with Gasteiger partial charge < -0.3 is 10.3 Å². The molecule has 2 aliphatic rings. The van der Waals surface area contributed by atoms with Gasteiger partial charge in [-0.3, -0.25) is 0 Å². The Morgan fingerprint density at radius 3 is 2.95 bits per heavy atom. The highest BCUT2D eigenvalue weighted by atomic mass is 19.1. The fourth-order valence-corrected chi connectivity index (χ4v) is 3.45. The van der Waals surface area contributed by atoms with Gasteiger partial charge in [0.05, 0.1) is 6.20 Å². The van der Waals surface area contributed by atoms with E-state index in [0.29, 0.717) is 18.5 Å². The molecule has 0 bridgehead atoms. The third-order valence-electron chi connectivity index (χ3n) is 4.56. The number of imidazole rings is 1. The Kier molecular flexibility index (Phi) is 3.04. The highest BCUT2D eigenvalue weighted by Crippen LogP contribution is 2.38. The molecule has 114 valence electrons. The van der Waals surface area contributed by atoms with Crippen LogP contribution >= 0.6 is 0 Å². The molecule has 7 heteroatoms. The van der Waals surface area contributed by atoms with Crippen LogP contribution in [0.1, 0.15) is 12.2 Å². The van der Waals surface area contributed by atoms with Crippen LogP contribution in [0.5, 0.6) is 0 Å². The molecule has 0 saturated carbocycles. The van der Waals surface area contributed by atoms with Gasteiger partial charge in [0.2, 0.25) is 0 Å². The Hall–Kier alpha value is -2.15. The zero-order chi connectivity index (χ0) is 15.3. The van der Waals surface area contributed by atoms with Gasteiger partial charge in [0, 0.05) is 31.3 Å². The zero-order valence-electron chi connectivity index (χ0n) is 11.8. The van der Waals surface area contributed by atoms with Crippen LogP contribution in [0.25, 0.3) is 11.2 Å². The van der Waals surface area contributed by atoms with E-state index in [1.807, 2.05) is 4.57 Å². The Morgan fingerprint density at radius 2 is 2.09 bits per heavy atom. The van der Waals surface area contributed by atoms with Gasteiger partial charge in [-0.05, 0) is 18.1 Å². The molecule has 5 nitrogen and oxygen atoms in total. The molecule has 0 saturated heterocycles. The monoisotopic (exact) mass is 303 g/mol. The highest BCUT2D eigenvalue weighted by Gasteiger charge is 2.37. The van der Waals surface area contributed by atoms with E-state index in [1.54, 1.807) is 6.20 Å². The van der Waals surface area contributed by atoms with Crippen molar-refractivity contribution in [3.63, 3.8) is 0 Å². The summed E-state index contributed by atoms with van der Waals surface area (Å²) in [5, 5.41) is 0. The summed E-state index contributed by atoms with van der Waals surface area (Å²) >= 11 is 0. The van der Waals surface area contributed by atoms with E-state index in [2.05, 4.69) is 15.0 Å². The fraction of sp³-hybridized carbons (Fsp3) is 0.400. The summed E-state index contributed by atoms with van der Waals surface area (Å²) < 4.78 is 29.6. The van der Waals surface area contributed by atoms with Gasteiger partial charge in [-0.2, -0.15) is 0 Å². The lowest BCUT2D eigenvalue weighted by Crippen LogP contribution is -2.44. The molecule has 0 spiro atoms. The number of hydrogen-bond acceptors (Lipinski definition) is 4. The lowest BCUT2D eigenvalue weighted by atomic mass is 9.77. The van der Waals surface area contributed by atoms with Crippen LogP contribution in [0.2, 0.25) is 0 Å². The maximum Gasteiger partial charge on any atom is 0.163 e.